The zero-order valence-corrected chi connectivity index (χ0v) is 13.9. The fourth-order valence-electron chi connectivity index (χ4n) is 3.38. The summed E-state index contributed by atoms with van der Waals surface area (Å²) in [5.74, 6) is 0.964. The molecule has 0 saturated heterocycles. The Morgan fingerprint density at radius 2 is 1.64 bits per heavy atom. The summed E-state index contributed by atoms with van der Waals surface area (Å²) in [5, 5.41) is 15.8. The van der Waals surface area contributed by atoms with Gasteiger partial charge in [-0.15, -0.1) is 0 Å². The van der Waals surface area contributed by atoms with Gasteiger partial charge in [0.2, 0.25) is 0 Å². The normalized spacial score (nSPS) is 21.8. The fourth-order valence-corrected chi connectivity index (χ4v) is 3.38. The first kappa shape index (κ1) is 17.5. The zero-order valence-electron chi connectivity index (χ0n) is 13.9. The van der Waals surface area contributed by atoms with Gasteiger partial charge in [0.15, 0.2) is 5.96 Å². The molecule has 0 unspecified atom stereocenters. The van der Waals surface area contributed by atoms with Gasteiger partial charge in [0.25, 0.3) is 0 Å². The van der Waals surface area contributed by atoms with Gasteiger partial charge in [-0.25, -0.2) is 4.99 Å². The lowest BCUT2D eigenvalue weighted by molar-refractivity contribution is 0.0957. The molecule has 0 aromatic heterocycles. The largest absolute Gasteiger partial charge is 0.394 e. The summed E-state index contributed by atoms with van der Waals surface area (Å²) >= 11 is 0. The molecule has 0 aromatic carbocycles. The lowest BCUT2D eigenvalue weighted by atomic mass is 9.95. The van der Waals surface area contributed by atoms with Crippen LogP contribution in [0.2, 0.25) is 0 Å². The third kappa shape index (κ3) is 6.97. The van der Waals surface area contributed by atoms with Gasteiger partial charge in [-0.3, -0.25) is 0 Å². The van der Waals surface area contributed by atoms with Crippen LogP contribution in [0.25, 0.3) is 0 Å². The Balaban J connectivity index is 1.80. The Morgan fingerprint density at radius 3 is 2.32 bits per heavy atom. The Kier molecular flexibility index (Phi) is 8.64. The van der Waals surface area contributed by atoms with Crippen molar-refractivity contribution >= 4 is 5.96 Å². The summed E-state index contributed by atoms with van der Waals surface area (Å²) in [6.45, 7) is 1.85. The van der Waals surface area contributed by atoms with E-state index in [1.807, 2.05) is 0 Å². The minimum atomic E-state index is 0.0867. The van der Waals surface area contributed by atoms with Crippen LogP contribution in [0, 0.1) is 0 Å². The van der Waals surface area contributed by atoms with Crippen molar-refractivity contribution in [1.82, 2.24) is 10.6 Å². The summed E-state index contributed by atoms with van der Waals surface area (Å²) in [6, 6.07) is 1.05. The molecule has 0 amide bonds. The maximum atomic E-state index is 8.73. The highest BCUT2D eigenvalue weighted by Gasteiger charge is 2.17. The molecule has 5 nitrogen and oxygen atoms in total. The summed E-state index contributed by atoms with van der Waals surface area (Å²) in [6.07, 6.45) is 13.0. The molecule has 2 saturated carbocycles. The van der Waals surface area contributed by atoms with Gasteiger partial charge in [0.05, 0.1) is 25.9 Å². The number of nitrogens with zero attached hydrogens (tertiary/aromatic N) is 1. The van der Waals surface area contributed by atoms with Crippen molar-refractivity contribution in [3.63, 3.8) is 0 Å². The number of hydrogen-bond acceptors (Lipinski definition) is 3. The summed E-state index contributed by atoms with van der Waals surface area (Å²) in [7, 11) is 0. The van der Waals surface area contributed by atoms with E-state index < -0.39 is 0 Å². The van der Waals surface area contributed by atoms with Crippen LogP contribution in [0.15, 0.2) is 4.99 Å². The van der Waals surface area contributed by atoms with Crippen molar-refractivity contribution in [3.8, 4) is 0 Å². The van der Waals surface area contributed by atoms with Crippen molar-refractivity contribution in [3.05, 3.63) is 0 Å². The topological polar surface area (TPSA) is 65.9 Å². The third-order valence-corrected chi connectivity index (χ3v) is 4.61. The van der Waals surface area contributed by atoms with Crippen molar-refractivity contribution in [2.75, 3.05) is 26.4 Å². The van der Waals surface area contributed by atoms with Gasteiger partial charge in [-0.2, -0.15) is 0 Å². The highest BCUT2D eigenvalue weighted by atomic mass is 16.5. The van der Waals surface area contributed by atoms with E-state index in [2.05, 4.69) is 10.6 Å². The minimum Gasteiger partial charge on any atom is -0.394 e. The molecule has 0 spiro atoms. The molecular weight excluding hydrogens is 278 g/mol. The molecule has 5 heteroatoms. The number of ether oxygens (including phenoxy) is 1. The van der Waals surface area contributed by atoms with Gasteiger partial charge in [-0.05, 0) is 25.7 Å². The molecule has 0 aromatic rings. The van der Waals surface area contributed by atoms with E-state index in [4.69, 9.17) is 14.8 Å². The first-order valence-electron chi connectivity index (χ1n) is 9.15. The van der Waals surface area contributed by atoms with E-state index in [9.17, 15) is 0 Å². The van der Waals surface area contributed by atoms with Crippen LogP contribution >= 0.6 is 0 Å². The molecule has 0 bridgehead atoms. The van der Waals surface area contributed by atoms with E-state index in [0.29, 0.717) is 25.3 Å². The molecule has 2 aliphatic rings. The van der Waals surface area contributed by atoms with Crippen LogP contribution in [0.4, 0.5) is 0 Å². The fraction of sp³-hybridized carbons (Fsp3) is 0.941. The van der Waals surface area contributed by atoms with Crippen LogP contribution in [-0.2, 0) is 4.74 Å². The predicted molar refractivity (Wildman–Crippen MR) is 90.2 cm³/mol. The standard InChI is InChI=1S/C17H33N3O2/c21-12-14-22-13-11-18-17(19-15-7-3-1-4-8-15)20-16-9-5-2-6-10-16/h15-16,21H,1-14H2,(H2,18,19,20). The summed E-state index contributed by atoms with van der Waals surface area (Å²) in [5.41, 5.74) is 0. The van der Waals surface area contributed by atoms with Crippen molar-refractivity contribution in [2.24, 2.45) is 4.99 Å². The molecule has 0 heterocycles. The van der Waals surface area contributed by atoms with Gasteiger partial charge in [-0.1, -0.05) is 38.5 Å². The number of guanidine groups is 1. The number of aliphatic imine (C=N–C) groups is 1. The second kappa shape index (κ2) is 10.8. The average molecular weight is 311 g/mol. The highest BCUT2D eigenvalue weighted by molar-refractivity contribution is 5.80. The third-order valence-electron chi connectivity index (χ3n) is 4.61. The molecule has 128 valence electrons. The van der Waals surface area contributed by atoms with E-state index in [1.165, 1.54) is 64.2 Å². The van der Waals surface area contributed by atoms with Gasteiger partial charge < -0.3 is 20.5 Å². The van der Waals surface area contributed by atoms with Crippen LogP contribution < -0.4 is 10.6 Å². The average Bonchev–Trinajstić information content (AvgIpc) is 2.56. The monoisotopic (exact) mass is 311 g/mol. The number of nitrogens with one attached hydrogen (secondary N) is 2. The minimum absolute atomic E-state index is 0.0867. The molecule has 2 rings (SSSR count). The maximum absolute atomic E-state index is 8.73. The Hall–Kier alpha value is -0.810. The number of hydrogen-bond donors (Lipinski definition) is 3. The second-order valence-electron chi connectivity index (χ2n) is 6.51. The van der Waals surface area contributed by atoms with Crippen LogP contribution in [0.5, 0.6) is 0 Å². The van der Waals surface area contributed by atoms with Gasteiger partial charge in [0.1, 0.15) is 0 Å². The number of aliphatic hydroxyl groups excluding tert-OH is 1. The van der Waals surface area contributed by atoms with E-state index in [0.717, 1.165) is 12.5 Å². The van der Waals surface area contributed by atoms with E-state index in [-0.39, 0.29) is 6.61 Å². The highest BCUT2D eigenvalue weighted by Crippen LogP contribution is 2.21. The Bertz CT molecular complexity index is 311. The van der Waals surface area contributed by atoms with Crippen LogP contribution in [-0.4, -0.2) is 49.5 Å². The lowest BCUT2D eigenvalue weighted by Gasteiger charge is -2.26. The molecule has 2 aliphatic carbocycles. The van der Waals surface area contributed by atoms with Gasteiger partial charge >= 0.3 is 0 Å². The quantitative estimate of drug-likeness (QED) is 0.383. The maximum Gasteiger partial charge on any atom is 0.191 e. The predicted octanol–water partition coefficient (Wildman–Crippen LogP) is 2.20. The zero-order chi connectivity index (χ0) is 15.5. The molecule has 22 heavy (non-hydrogen) atoms. The number of aliphatic hydroxyl groups is 1. The molecule has 0 aliphatic heterocycles. The van der Waals surface area contributed by atoms with Gasteiger partial charge in [0, 0.05) is 12.6 Å². The molecule has 0 radical (unpaired) electrons. The summed E-state index contributed by atoms with van der Waals surface area (Å²) in [4.78, 5) is 4.94. The van der Waals surface area contributed by atoms with Crippen molar-refractivity contribution in [1.29, 1.82) is 0 Å². The molecular formula is C17H33N3O2. The smallest absolute Gasteiger partial charge is 0.191 e. The van der Waals surface area contributed by atoms with Crippen LogP contribution in [0.1, 0.15) is 64.2 Å². The molecule has 0 atom stereocenters. The Morgan fingerprint density at radius 1 is 0.955 bits per heavy atom. The molecule has 3 N–H and O–H groups in total. The first-order chi connectivity index (χ1) is 10.9. The molecule has 2 fully saturated rings. The number of rotatable bonds is 7. The second-order valence-corrected chi connectivity index (χ2v) is 6.51. The van der Waals surface area contributed by atoms with Crippen LogP contribution in [0.3, 0.4) is 0 Å². The summed E-state index contributed by atoms with van der Waals surface area (Å²) < 4.78 is 5.32. The van der Waals surface area contributed by atoms with Crippen molar-refractivity contribution in [2.45, 2.75) is 76.3 Å². The SMILES string of the molecule is OCCOCCN/C(=N/C1CCCCC1)NC1CCCCC1. The lowest BCUT2D eigenvalue weighted by Crippen LogP contribution is -2.46. The first-order valence-corrected chi connectivity index (χ1v) is 9.15. The Labute approximate surface area is 134 Å². The van der Waals surface area contributed by atoms with E-state index >= 15 is 0 Å². The van der Waals surface area contributed by atoms with Crippen molar-refractivity contribution < 1.29 is 9.84 Å². The van der Waals surface area contributed by atoms with E-state index in [1.54, 1.807) is 0 Å².